The Labute approximate surface area is 119 Å². The molecule has 2 rings (SSSR count). The molecule has 0 unspecified atom stereocenters. The molecule has 0 saturated heterocycles. The van der Waals surface area contributed by atoms with Crippen LogP contribution in [0.5, 0.6) is 0 Å². The Morgan fingerprint density at radius 2 is 2.11 bits per heavy atom. The number of carbonyl (C=O) groups excluding carboxylic acids is 1. The monoisotopic (exact) mass is 326 g/mol. The fourth-order valence-electron chi connectivity index (χ4n) is 1.94. The molecule has 0 radical (unpaired) electrons. The summed E-state index contributed by atoms with van der Waals surface area (Å²) < 4.78 is 0.587. The van der Waals surface area contributed by atoms with Crippen molar-refractivity contribution in [2.24, 2.45) is 11.7 Å². The first-order chi connectivity index (χ1) is 8.97. The summed E-state index contributed by atoms with van der Waals surface area (Å²) in [6.45, 7) is 0.688. The molecule has 1 aromatic rings. The third-order valence-electron chi connectivity index (χ3n) is 3.08. The van der Waals surface area contributed by atoms with Crippen LogP contribution in [0.15, 0.2) is 22.7 Å². The Morgan fingerprint density at radius 3 is 2.58 bits per heavy atom. The number of halogens is 1. The van der Waals surface area contributed by atoms with E-state index in [-0.39, 0.29) is 6.54 Å². The number of benzene rings is 1. The minimum Gasteiger partial charge on any atom is -0.480 e. The Hall–Kier alpha value is -1.56. The van der Waals surface area contributed by atoms with Crippen LogP contribution in [0.4, 0.5) is 5.69 Å². The average Bonchev–Trinajstić information content (AvgIpc) is 3.10. The fourth-order valence-corrected chi connectivity index (χ4v) is 2.50. The quantitative estimate of drug-likeness (QED) is 0.835. The normalized spacial score (nSPS) is 14.2. The zero-order valence-electron chi connectivity index (χ0n) is 10.3. The summed E-state index contributed by atoms with van der Waals surface area (Å²) in [5.74, 6) is -0.796. The highest BCUT2D eigenvalue weighted by Gasteiger charge is 2.25. The maximum atomic E-state index is 11.2. The SMILES string of the molecule is NC(=O)c1ccc(N(CC(=O)O)CC2CC2)cc1Br. The molecule has 0 bridgehead atoms. The number of nitrogens with two attached hydrogens (primary N) is 1. The zero-order valence-corrected chi connectivity index (χ0v) is 11.9. The Morgan fingerprint density at radius 1 is 1.42 bits per heavy atom. The number of aliphatic carboxylic acids is 1. The van der Waals surface area contributed by atoms with Crippen molar-refractivity contribution in [2.45, 2.75) is 12.8 Å². The van der Waals surface area contributed by atoms with Crippen LogP contribution >= 0.6 is 15.9 Å². The van der Waals surface area contributed by atoms with Gasteiger partial charge in [-0.1, -0.05) is 0 Å². The number of carbonyl (C=O) groups is 2. The second kappa shape index (κ2) is 5.61. The molecule has 1 aliphatic rings. The number of carboxylic acid groups (broad SMARTS) is 1. The zero-order chi connectivity index (χ0) is 14.0. The highest BCUT2D eigenvalue weighted by molar-refractivity contribution is 9.10. The topological polar surface area (TPSA) is 83.6 Å². The lowest BCUT2D eigenvalue weighted by molar-refractivity contribution is -0.135. The van der Waals surface area contributed by atoms with Crippen LogP contribution in [0.2, 0.25) is 0 Å². The number of hydrogen-bond donors (Lipinski definition) is 2. The van der Waals surface area contributed by atoms with Gasteiger partial charge in [0.25, 0.3) is 0 Å². The molecular formula is C13H15BrN2O3. The van der Waals surface area contributed by atoms with Crippen molar-refractivity contribution in [2.75, 3.05) is 18.0 Å². The van der Waals surface area contributed by atoms with Gasteiger partial charge in [0.15, 0.2) is 0 Å². The molecule has 0 heterocycles. The number of carboxylic acids is 1. The van der Waals surface area contributed by atoms with Crippen LogP contribution in [-0.2, 0) is 4.79 Å². The minimum atomic E-state index is -0.865. The van der Waals surface area contributed by atoms with Crippen LogP contribution in [-0.4, -0.2) is 30.1 Å². The number of hydrogen-bond acceptors (Lipinski definition) is 3. The van der Waals surface area contributed by atoms with Crippen molar-refractivity contribution < 1.29 is 14.7 Å². The van der Waals surface area contributed by atoms with Gasteiger partial charge in [0.2, 0.25) is 5.91 Å². The summed E-state index contributed by atoms with van der Waals surface area (Å²) >= 11 is 3.29. The summed E-state index contributed by atoms with van der Waals surface area (Å²) in [5, 5.41) is 8.96. The summed E-state index contributed by atoms with van der Waals surface area (Å²) in [7, 11) is 0. The van der Waals surface area contributed by atoms with Gasteiger partial charge in [-0.05, 0) is 52.9 Å². The van der Waals surface area contributed by atoms with Crippen molar-refractivity contribution in [1.29, 1.82) is 0 Å². The summed E-state index contributed by atoms with van der Waals surface area (Å²) in [4.78, 5) is 23.9. The van der Waals surface area contributed by atoms with E-state index in [0.717, 1.165) is 25.1 Å². The molecule has 1 fully saturated rings. The molecule has 1 aromatic carbocycles. The second-order valence-corrected chi connectivity index (χ2v) is 5.60. The molecule has 19 heavy (non-hydrogen) atoms. The fraction of sp³-hybridized carbons (Fsp3) is 0.385. The number of amides is 1. The molecule has 102 valence electrons. The van der Waals surface area contributed by atoms with E-state index in [1.54, 1.807) is 18.2 Å². The second-order valence-electron chi connectivity index (χ2n) is 4.75. The third kappa shape index (κ3) is 3.70. The van der Waals surface area contributed by atoms with Crippen LogP contribution in [0.25, 0.3) is 0 Å². The molecule has 3 N–H and O–H groups in total. The standard InChI is InChI=1S/C13H15BrN2O3/c14-11-5-9(3-4-10(11)13(15)19)16(7-12(17)18)6-8-1-2-8/h3-5,8H,1-2,6-7H2,(H2,15,19)(H,17,18). The van der Waals surface area contributed by atoms with Crippen molar-refractivity contribution in [3.8, 4) is 0 Å². The Bertz CT molecular complexity index is 515. The lowest BCUT2D eigenvalue weighted by atomic mass is 10.2. The maximum absolute atomic E-state index is 11.2. The molecule has 0 aliphatic heterocycles. The number of anilines is 1. The third-order valence-corrected chi connectivity index (χ3v) is 3.74. The van der Waals surface area contributed by atoms with Crippen LogP contribution in [0.3, 0.4) is 0 Å². The van der Waals surface area contributed by atoms with E-state index in [1.165, 1.54) is 0 Å². The van der Waals surface area contributed by atoms with Gasteiger partial charge in [0.05, 0.1) is 5.56 Å². The van der Waals surface area contributed by atoms with Crippen molar-refractivity contribution >= 4 is 33.5 Å². The molecule has 0 atom stereocenters. The van der Waals surface area contributed by atoms with E-state index in [1.807, 2.05) is 4.90 Å². The number of rotatable bonds is 6. The molecule has 1 aliphatic carbocycles. The van der Waals surface area contributed by atoms with E-state index >= 15 is 0 Å². The van der Waals surface area contributed by atoms with Crippen LogP contribution in [0.1, 0.15) is 23.2 Å². The average molecular weight is 327 g/mol. The minimum absolute atomic E-state index is 0.0428. The van der Waals surface area contributed by atoms with Gasteiger partial charge in [0.1, 0.15) is 6.54 Å². The van der Waals surface area contributed by atoms with Gasteiger partial charge in [-0.25, -0.2) is 0 Å². The van der Waals surface area contributed by atoms with Crippen LogP contribution < -0.4 is 10.6 Å². The van der Waals surface area contributed by atoms with Gasteiger partial charge in [-0.2, -0.15) is 0 Å². The van der Waals surface area contributed by atoms with E-state index in [9.17, 15) is 9.59 Å². The Kier molecular flexibility index (Phi) is 4.09. The molecule has 0 aromatic heterocycles. The first-order valence-corrected chi connectivity index (χ1v) is 6.82. The Balaban J connectivity index is 2.22. The lowest BCUT2D eigenvalue weighted by Gasteiger charge is -2.23. The van der Waals surface area contributed by atoms with Gasteiger partial charge >= 0.3 is 5.97 Å². The van der Waals surface area contributed by atoms with E-state index in [2.05, 4.69) is 15.9 Å². The number of primary amides is 1. The van der Waals surface area contributed by atoms with Crippen molar-refractivity contribution in [3.05, 3.63) is 28.2 Å². The molecule has 0 spiro atoms. The molecule has 5 nitrogen and oxygen atoms in total. The first kappa shape index (κ1) is 13.9. The highest BCUT2D eigenvalue weighted by atomic mass is 79.9. The van der Waals surface area contributed by atoms with Gasteiger partial charge in [-0.15, -0.1) is 0 Å². The van der Waals surface area contributed by atoms with Gasteiger partial charge < -0.3 is 15.7 Å². The molecule has 1 amide bonds. The number of nitrogens with zero attached hydrogens (tertiary/aromatic N) is 1. The highest BCUT2D eigenvalue weighted by Crippen LogP contribution is 2.32. The predicted molar refractivity (Wildman–Crippen MR) is 75.2 cm³/mol. The lowest BCUT2D eigenvalue weighted by Crippen LogP contribution is -2.31. The largest absolute Gasteiger partial charge is 0.480 e. The maximum Gasteiger partial charge on any atom is 0.323 e. The van der Waals surface area contributed by atoms with E-state index in [0.29, 0.717) is 16.0 Å². The van der Waals surface area contributed by atoms with Gasteiger partial charge in [0, 0.05) is 16.7 Å². The van der Waals surface area contributed by atoms with Crippen molar-refractivity contribution in [1.82, 2.24) is 0 Å². The first-order valence-electron chi connectivity index (χ1n) is 6.03. The van der Waals surface area contributed by atoms with E-state index < -0.39 is 11.9 Å². The summed E-state index contributed by atoms with van der Waals surface area (Å²) in [6, 6.07) is 5.09. The molecule has 6 heteroatoms. The van der Waals surface area contributed by atoms with Crippen molar-refractivity contribution in [3.63, 3.8) is 0 Å². The summed E-state index contributed by atoms with van der Waals surface area (Å²) in [6.07, 6.45) is 2.30. The molecular weight excluding hydrogens is 312 g/mol. The summed E-state index contributed by atoms with van der Waals surface area (Å²) in [5.41, 5.74) is 6.41. The molecule has 1 saturated carbocycles. The van der Waals surface area contributed by atoms with Gasteiger partial charge in [-0.3, -0.25) is 9.59 Å². The smallest absolute Gasteiger partial charge is 0.323 e. The van der Waals surface area contributed by atoms with Crippen LogP contribution in [0, 0.1) is 5.92 Å². The van der Waals surface area contributed by atoms with E-state index in [4.69, 9.17) is 10.8 Å². The predicted octanol–water partition coefficient (Wildman–Crippen LogP) is 1.85.